The van der Waals surface area contributed by atoms with Gasteiger partial charge in [-0.05, 0) is 24.3 Å². The van der Waals surface area contributed by atoms with Gasteiger partial charge in [0.15, 0.2) is 0 Å². The predicted octanol–water partition coefficient (Wildman–Crippen LogP) is 2.20. The Hall–Kier alpha value is -2.43. The summed E-state index contributed by atoms with van der Waals surface area (Å²) in [4.78, 5) is 12.9. The number of furan rings is 1. The molecule has 1 heterocycles. The van der Waals surface area contributed by atoms with E-state index >= 15 is 0 Å². The van der Waals surface area contributed by atoms with Crippen LogP contribution in [0.4, 0.5) is 11.4 Å². The van der Waals surface area contributed by atoms with Crippen LogP contribution < -0.4 is 10.6 Å². The van der Waals surface area contributed by atoms with E-state index in [1.165, 1.54) is 6.07 Å². The average Bonchev–Trinajstić information content (AvgIpc) is 2.81. The summed E-state index contributed by atoms with van der Waals surface area (Å²) >= 11 is 0. The molecule has 1 aromatic heterocycles. The van der Waals surface area contributed by atoms with Gasteiger partial charge in [0.25, 0.3) is 0 Å². The van der Waals surface area contributed by atoms with Gasteiger partial charge in [0, 0.05) is 7.05 Å². The number of hydrogen-bond acceptors (Lipinski definition) is 4. The van der Waals surface area contributed by atoms with Gasteiger partial charge in [-0.25, -0.2) is 4.79 Å². The van der Waals surface area contributed by atoms with E-state index in [1.807, 2.05) is 6.07 Å². The fourth-order valence-corrected chi connectivity index (χ4v) is 1.88. The molecule has 0 radical (unpaired) electrons. The van der Waals surface area contributed by atoms with E-state index in [9.17, 15) is 4.79 Å². The van der Waals surface area contributed by atoms with Gasteiger partial charge in [0.05, 0.1) is 29.7 Å². The fourth-order valence-electron chi connectivity index (χ4n) is 1.88. The standard InChI is InChI=1S/C13H14N2O3/c1-15(8-9-4-3-7-18-9)12-10(13(16)17)5-2-6-11(12)14/h2-7H,8,14H2,1H3,(H,16,17). The number of carbonyl (C=O) groups is 1. The third kappa shape index (κ3) is 2.29. The number of para-hydroxylation sites is 1. The highest BCUT2D eigenvalue weighted by molar-refractivity contribution is 5.97. The number of nitrogen functional groups attached to an aromatic ring is 1. The number of rotatable bonds is 4. The average molecular weight is 246 g/mol. The van der Waals surface area contributed by atoms with Crippen LogP contribution in [0, 0.1) is 0 Å². The lowest BCUT2D eigenvalue weighted by molar-refractivity contribution is 0.0697. The number of carboxylic acids is 1. The Bertz CT molecular complexity index is 549. The maximum Gasteiger partial charge on any atom is 0.337 e. The summed E-state index contributed by atoms with van der Waals surface area (Å²) in [6.07, 6.45) is 1.58. The summed E-state index contributed by atoms with van der Waals surface area (Å²) in [6, 6.07) is 8.46. The van der Waals surface area contributed by atoms with Gasteiger partial charge in [-0.15, -0.1) is 0 Å². The van der Waals surface area contributed by atoms with Crippen molar-refractivity contribution in [1.82, 2.24) is 0 Å². The molecule has 5 nitrogen and oxygen atoms in total. The molecule has 0 aliphatic heterocycles. The van der Waals surface area contributed by atoms with Crippen LogP contribution in [-0.2, 0) is 6.54 Å². The Kier molecular flexibility index (Phi) is 3.23. The monoisotopic (exact) mass is 246 g/mol. The lowest BCUT2D eigenvalue weighted by Crippen LogP contribution is -2.20. The lowest BCUT2D eigenvalue weighted by atomic mass is 10.1. The predicted molar refractivity (Wildman–Crippen MR) is 68.6 cm³/mol. The zero-order chi connectivity index (χ0) is 13.1. The summed E-state index contributed by atoms with van der Waals surface area (Å²) in [7, 11) is 1.78. The van der Waals surface area contributed by atoms with Crippen LogP contribution in [0.1, 0.15) is 16.1 Å². The van der Waals surface area contributed by atoms with Crippen molar-refractivity contribution in [2.45, 2.75) is 6.54 Å². The van der Waals surface area contributed by atoms with Gasteiger partial charge in [-0.2, -0.15) is 0 Å². The van der Waals surface area contributed by atoms with E-state index in [0.29, 0.717) is 17.9 Å². The van der Waals surface area contributed by atoms with Crippen LogP contribution in [0.15, 0.2) is 41.0 Å². The van der Waals surface area contributed by atoms with Crippen molar-refractivity contribution in [2.75, 3.05) is 17.7 Å². The number of aromatic carboxylic acids is 1. The summed E-state index contributed by atoms with van der Waals surface area (Å²) in [6.45, 7) is 0.460. The molecule has 0 amide bonds. The van der Waals surface area contributed by atoms with Gasteiger partial charge in [0.2, 0.25) is 0 Å². The normalized spacial score (nSPS) is 10.3. The highest BCUT2D eigenvalue weighted by atomic mass is 16.4. The maximum atomic E-state index is 11.2. The number of hydrogen-bond donors (Lipinski definition) is 2. The van der Waals surface area contributed by atoms with E-state index in [1.54, 1.807) is 36.4 Å². The molecule has 3 N–H and O–H groups in total. The highest BCUT2D eigenvalue weighted by Crippen LogP contribution is 2.28. The first-order valence-corrected chi connectivity index (χ1v) is 5.45. The van der Waals surface area contributed by atoms with Crippen LogP contribution in [0.2, 0.25) is 0 Å². The molecule has 0 atom stereocenters. The second-order valence-corrected chi connectivity index (χ2v) is 3.98. The largest absolute Gasteiger partial charge is 0.478 e. The van der Waals surface area contributed by atoms with Crippen molar-refractivity contribution in [3.05, 3.63) is 47.9 Å². The van der Waals surface area contributed by atoms with E-state index < -0.39 is 5.97 Å². The lowest BCUT2D eigenvalue weighted by Gasteiger charge is -2.21. The Labute approximate surface area is 104 Å². The zero-order valence-electron chi connectivity index (χ0n) is 9.96. The Balaban J connectivity index is 2.34. The SMILES string of the molecule is CN(Cc1ccco1)c1c(N)cccc1C(=O)O. The van der Waals surface area contributed by atoms with Gasteiger partial charge >= 0.3 is 5.97 Å². The molecule has 0 unspecified atom stereocenters. The quantitative estimate of drug-likeness (QED) is 0.808. The van der Waals surface area contributed by atoms with Gasteiger partial charge in [-0.3, -0.25) is 0 Å². The van der Waals surface area contributed by atoms with E-state index in [-0.39, 0.29) is 5.56 Å². The molecule has 94 valence electrons. The van der Waals surface area contributed by atoms with Crippen molar-refractivity contribution in [1.29, 1.82) is 0 Å². The fraction of sp³-hybridized carbons (Fsp3) is 0.154. The summed E-state index contributed by atoms with van der Waals surface area (Å²) in [5, 5.41) is 9.16. The summed E-state index contributed by atoms with van der Waals surface area (Å²) in [5.74, 6) is -0.249. The first-order valence-electron chi connectivity index (χ1n) is 5.45. The number of nitrogens with two attached hydrogens (primary N) is 1. The van der Waals surface area contributed by atoms with Crippen molar-refractivity contribution >= 4 is 17.3 Å². The minimum absolute atomic E-state index is 0.184. The third-order valence-electron chi connectivity index (χ3n) is 2.65. The van der Waals surface area contributed by atoms with Crippen molar-refractivity contribution in [3.63, 3.8) is 0 Å². The number of anilines is 2. The molecule has 0 spiro atoms. The first-order chi connectivity index (χ1) is 8.59. The molecule has 0 saturated heterocycles. The van der Waals surface area contributed by atoms with Gasteiger partial charge < -0.3 is 20.2 Å². The second kappa shape index (κ2) is 4.83. The number of carboxylic acid groups (broad SMARTS) is 1. The molecular formula is C13H14N2O3. The summed E-state index contributed by atoms with van der Waals surface area (Å²) in [5.41, 5.74) is 6.97. The molecule has 18 heavy (non-hydrogen) atoms. The van der Waals surface area contributed by atoms with Crippen molar-refractivity contribution < 1.29 is 14.3 Å². The molecule has 0 fully saturated rings. The van der Waals surface area contributed by atoms with Gasteiger partial charge in [-0.1, -0.05) is 6.07 Å². The molecule has 0 saturated carbocycles. The van der Waals surface area contributed by atoms with Gasteiger partial charge in [0.1, 0.15) is 5.76 Å². The Morgan fingerprint density at radius 1 is 1.39 bits per heavy atom. The number of nitrogens with zero attached hydrogens (tertiary/aromatic N) is 1. The Morgan fingerprint density at radius 2 is 2.17 bits per heavy atom. The van der Waals surface area contributed by atoms with E-state index in [2.05, 4.69) is 0 Å². The Morgan fingerprint density at radius 3 is 2.78 bits per heavy atom. The highest BCUT2D eigenvalue weighted by Gasteiger charge is 2.16. The van der Waals surface area contributed by atoms with Crippen LogP contribution >= 0.6 is 0 Å². The van der Waals surface area contributed by atoms with E-state index in [0.717, 1.165) is 5.76 Å². The molecule has 1 aromatic carbocycles. The topological polar surface area (TPSA) is 79.7 Å². The number of benzene rings is 1. The molecule has 2 rings (SSSR count). The minimum atomic E-state index is -0.997. The zero-order valence-corrected chi connectivity index (χ0v) is 9.96. The van der Waals surface area contributed by atoms with Crippen LogP contribution in [0.3, 0.4) is 0 Å². The molecule has 0 aliphatic carbocycles. The minimum Gasteiger partial charge on any atom is -0.478 e. The summed E-state index contributed by atoms with van der Waals surface area (Å²) < 4.78 is 5.24. The molecule has 0 aliphatic rings. The van der Waals surface area contributed by atoms with E-state index in [4.69, 9.17) is 15.3 Å². The molecule has 0 bridgehead atoms. The molecule has 5 heteroatoms. The second-order valence-electron chi connectivity index (χ2n) is 3.98. The molecular weight excluding hydrogens is 232 g/mol. The first kappa shape index (κ1) is 12.0. The van der Waals surface area contributed by atoms with Crippen LogP contribution in [-0.4, -0.2) is 18.1 Å². The van der Waals surface area contributed by atoms with Crippen molar-refractivity contribution in [2.24, 2.45) is 0 Å². The van der Waals surface area contributed by atoms with Crippen molar-refractivity contribution in [3.8, 4) is 0 Å². The maximum absolute atomic E-state index is 11.2. The molecule has 2 aromatic rings. The van der Waals surface area contributed by atoms with Crippen LogP contribution in [0.5, 0.6) is 0 Å². The van der Waals surface area contributed by atoms with Crippen LogP contribution in [0.25, 0.3) is 0 Å². The smallest absolute Gasteiger partial charge is 0.337 e. The third-order valence-corrected chi connectivity index (χ3v) is 2.65.